The summed E-state index contributed by atoms with van der Waals surface area (Å²) in [4.78, 5) is 11.2. The van der Waals surface area contributed by atoms with Gasteiger partial charge in [0, 0.05) is 25.5 Å². The molecule has 4 heteroatoms. The zero-order valence-electron chi connectivity index (χ0n) is 8.76. The third-order valence-electron chi connectivity index (χ3n) is 2.24. The quantitative estimate of drug-likeness (QED) is 0.611. The Labute approximate surface area is 90.8 Å². The van der Waals surface area contributed by atoms with Crippen LogP contribution in [0, 0.1) is 5.92 Å². The Morgan fingerprint density at radius 3 is 2.79 bits per heavy atom. The Balaban J connectivity index is 3.52. The predicted octanol–water partition coefficient (Wildman–Crippen LogP) is 1.53. The maximum absolute atomic E-state index is 11.2. The van der Waals surface area contributed by atoms with Gasteiger partial charge in [0.1, 0.15) is 0 Å². The lowest BCUT2D eigenvalue weighted by molar-refractivity contribution is -0.121. The molecule has 84 valence electrons. The number of carbonyl (C=O) groups is 1. The minimum atomic E-state index is 0.0574. The standard InChI is InChI=1S/C10H20ClNO2/c1-2-9(5-7-13)8-12-10(14)4-3-6-11/h9,13H,2-8H2,1H3,(H,12,14). The highest BCUT2D eigenvalue weighted by molar-refractivity contribution is 6.17. The van der Waals surface area contributed by atoms with Gasteiger partial charge in [0.2, 0.25) is 5.91 Å². The number of aliphatic hydroxyl groups is 1. The number of rotatable bonds is 8. The van der Waals surface area contributed by atoms with Crippen molar-refractivity contribution in [3.8, 4) is 0 Å². The Bertz CT molecular complexity index is 153. The summed E-state index contributed by atoms with van der Waals surface area (Å²) in [7, 11) is 0. The van der Waals surface area contributed by atoms with Crippen molar-refractivity contribution in [2.45, 2.75) is 32.6 Å². The molecule has 1 amide bonds. The zero-order valence-corrected chi connectivity index (χ0v) is 9.52. The normalized spacial score (nSPS) is 12.5. The molecule has 0 aromatic rings. The van der Waals surface area contributed by atoms with Crippen LogP contribution in [0.4, 0.5) is 0 Å². The topological polar surface area (TPSA) is 49.3 Å². The van der Waals surface area contributed by atoms with Crippen molar-refractivity contribution >= 4 is 17.5 Å². The second kappa shape index (κ2) is 9.28. The van der Waals surface area contributed by atoms with Gasteiger partial charge in [-0.15, -0.1) is 11.6 Å². The first kappa shape index (κ1) is 13.7. The molecule has 0 saturated carbocycles. The van der Waals surface area contributed by atoms with Crippen molar-refractivity contribution in [2.75, 3.05) is 19.0 Å². The molecule has 0 radical (unpaired) electrons. The van der Waals surface area contributed by atoms with E-state index in [1.54, 1.807) is 0 Å². The van der Waals surface area contributed by atoms with Gasteiger partial charge in [0.05, 0.1) is 0 Å². The lowest BCUT2D eigenvalue weighted by atomic mass is 10.0. The molecule has 0 aliphatic carbocycles. The molecule has 0 aliphatic heterocycles. The maximum atomic E-state index is 11.2. The van der Waals surface area contributed by atoms with Crippen molar-refractivity contribution in [2.24, 2.45) is 5.92 Å². The fourth-order valence-corrected chi connectivity index (χ4v) is 1.34. The van der Waals surface area contributed by atoms with Crippen LogP contribution < -0.4 is 5.32 Å². The minimum absolute atomic E-state index is 0.0574. The Morgan fingerprint density at radius 1 is 1.57 bits per heavy atom. The molecular formula is C10H20ClNO2. The molecular weight excluding hydrogens is 202 g/mol. The molecule has 0 fully saturated rings. The molecule has 2 N–H and O–H groups in total. The summed E-state index contributed by atoms with van der Waals surface area (Å²) in [6.45, 7) is 2.92. The first-order valence-electron chi connectivity index (χ1n) is 5.18. The molecule has 0 heterocycles. The van der Waals surface area contributed by atoms with E-state index in [2.05, 4.69) is 12.2 Å². The number of nitrogens with one attached hydrogen (secondary N) is 1. The van der Waals surface area contributed by atoms with Crippen LogP contribution >= 0.6 is 11.6 Å². The van der Waals surface area contributed by atoms with Crippen LogP contribution in [-0.4, -0.2) is 30.0 Å². The highest BCUT2D eigenvalue weighted by Gasteiger charge is 2.07. The second-order valence-corrected chi connectivity index (χ2v) is 3.76. The third kappa shape index (κ3) is 7.15. The average molecular weight is 222 g/mol. The molecule has 0 aliphatic rings. The zero-order chi connectivity index (χ0) is 10.8. The van der Waals surface area contributed by atoms with E-state index in [4.69, 9.17) is 16.7 Å². The fraction of sp³-hybridized carbons (Fsp3) is 0.900. The van der Waals surface area contributed by atoms with Crippen LogP contribution in [0.1, 0.15) is 32.6 Å². The highest BCUT2D eigenvalue weighted by Crippen LogP contribution is 2.05. The number of hydrogen-bond donors (Lipinski definition) is 2. The van der Waals surface area contributed by atoms with Crippen LogP contribution in [0.25, 0.3) is 0 Å². The van der Waals surface area contributed by atoms with E-state index in [0.29, 0.717) is 24.8 Å². The number of carbonyl (C=O) groups excluding carboxylic acids is 1. The molecule has 0 bridgehead atoms. The summed E-state index contributed by atoms with van der Waals surface area (Å²) in [5.74, 6) is 0.975. The van der Waals surface area contributed by atoms with Crippen molar-refractivity contribution in [1.82, 2.24) is 5.32 Å². The van der Waals surface area contributed by atoms with E-state index in [1.165, 1.54) is 0 Å². The monoisotopic (exact) mass is 221 g/mol. The van der Waals surface area contributed by atoms with E-state index in [9.17, 15) is 4.79 Å². The molecule has 14 heavy (non-hydrogen) atoms. The number of hydrogen-bond acceptors (Lipinski definition) is 2. The average Bonchev–Trinajstić information content (AvgIpc) is 2.21. The van der Waals surface area contributed by atoms with Crippen LogP contribution in [0.5, 0.6) is 0 Å². The van der Waals surface area contributed by atoms with E-state index in [-0.39, 0.29) is 12.5 Å². The lowest BCUT2D eigenvalue weighted by Crippen LogP contribution is -2.29. The van der Waals surface area contributed by atoms with Gasteiger partial charge in [-0.05, 0) is 18.8 Å². The van der Waals surface area contributed by atoms with E-state index >= 15 is 0 Å². The summed E-state index contributed by atoms with van der Waals surface area (Å²) < 4.78 is 0. The highest BCUT2D eigenvalue weighted by atomic mass is 35.5. The van der Waals surface area contributed by atoms with Gasteiger partial charge < -0.3 is 10.4 Å². The predicted molar refractivity (Wildman–Crippen MR) is 58.4 cm³/mol. The number of aliphatic hydroxyl groups excluding tert-OH is 1. The molecule has 1 unspecified atom stereocenters. The van der Waals surface area contributed by atoms with Gasteiger partial charge in [0.15, 0.2) is 0 Å². The van der Waals surface area contributed by atoms with Gasteiger partial charge in [-0.1, -0.05) is 13.3 Å². The SMILES string of the molecule is CCC(CCO)CNC(=O)CCCCl. The second-order valence-electron chi connectivity index (χ2n) is 3.38. The van der Waals surface area contributed by atoms with Crippen molar-refractivity contribution in [3.63, 3.8) is 0 Å². The summed E-state index contributed by atoms with van der Waals surface area (Å²) >= 11 is 5.47. The summed E-state index contributed by atoms with van der Waals surface area (Å²) in [5, 5.41) is 11.6. The summed E-state index contributed by atoms with van der Waals surface area (Å²) in [5.41, 5.74) is 0. The largest absolute Gasteiger partial charge is 0.396 e. The summed E-state index contributed by atoms with van der Waals surface area (Å²) in [6, 6.07) is 0. The lowest BCUT2D eigenvalue weighted by Gasteiger charge is -2.13. The van der Waals surface area contributed by atoms with Gasteiger partial charge in [0.25, 0.3) is 0 Å². The number of halogens is 1. The third-order valence-corrected chi connectivity index (χ3v) is 2.51. The minimum Gasteiger partial charge on any atom is -0.396 e. The van der Waals surface area contributed by atoms with E-state index < -0.39 is 0 Å². The van der Waals surface area contributed by atoms with Crippen LogP contribution in [-0.2, 0) is 4.79 Å². The van der Waals surface area contributed by atoms with Gasteiger partial charge >= 0.3 is 0 Å². The molecule has 0 aromatic heterocycles. The van der Waals surface area contributed by atoms with E-state index in [0.717, 1.165) is 19.3 Å². The Kier molecular flexibility index (Phi) is 9.10. The number of amides is 1. The van der Waals surface area contributed by atoms with Crippen LogP contribution in [0.2, 0.25) is 0 Å². The van der Waals surface area contributed by atoms with Crippen molar-refractivity contribution in [1.29, 1.82) is 0 Å². The van der Waals surface area contributed by atoms with Crippen molar-refractivity contribution in [3.05, 3.63) is 0 Å². The first-order valence-corrected chi connectivity index (χ1v) is 5.71. The smallest absolute Gasteiger partial charge is 0.220 e. The Morgan fingerprint density at radius 2 is 2.29 bits per heavy atom. The first-order chi connectivity index (χ1) is 6.74. The molecule has 0 spiro atoms. The Hall–Kier alpha value is -0.280. The summed E-state index contributed by atoms with van der Waals surface area (Å²) in [6.07, 6.45) is 2.96. The molecule has 0 aromatic carbocycles. The molecule has 0 rings (SSSR count). The van der Waals surface area contributed by atoms with Gasteiger partial charge in [-0.2, -0.15) is 0 Å². The molecule has 0 saturated heterocycles. The van der Waals surface area contributed by atoms with Crippen LogP contribution in [0.3, 0.4) is 0 Å². The number of alkyl halides is 1. The van der Waals surface area contributed by atoms with Gasteiger partial charge in [-0.25, -0.2) is 0 Å². The van der Waals surface area contributed by atoms with E-state index in [1.807, 2.05) is 0 Å². The molecule has 3 nitrogen and oxygen atoms in total. The maximum Gasteiger partial charge on any atom is 0.220 e. The fourth-order valence-electron chi connectivity index (χ4n) is 1.21. The van der Waals surface area contributed by atoms with Crippen LogP contribution in [0.15, 0.2) is 0 Å². The van der Waals surface area contributed by atoms with Crippen molar-refractivity contribution < 1.29 is 9.90 Å². The molecule has 1 atom stereocenters. The van der Waals surface area contributed by atoms with Gasteiger partial charge in [-0.3, -0.25) is 4.79 Å².